The van der Waals surface area contributed by atoms with Crippen LogP contribution in [0.25, 0.3) is 65.3 Å². The third kappa shape index (κ3) is 15.9. The van der Waals surface area contributed by atoms with E-state index in [9.17, 15) is 0 Å². The molecular weight excluding hydrogens is 997 g/mol. The summed E-state index contributed by atoms with van der Waals surface area (Å²) in [5, 5.41) is 10.4. The van der Waals surface area contributed by atoms with Gasteiger partial charge in [0.2, 0.25) is 0 Å². The van der Waals surface area contributed by atoms with E-state index < -0.39 is 41.7 Å². The molecule has 0 bridgehead atoms. The van der Waals surface area contributed by atoms with Gasteiger partial charge in [-0.3, -0.25) is 12.2 Å². The Labute approximate surface area is 407 Å². The topological polar surface area (TPSA) is 0 Å². The Morgan fingerprint density at radius 2 is 1.16 bits per heavy atom. The molecule has 2 aliphatic carbocycles. The second-order valence-electron chi connectivity index (χ2n) is 14.9. The van der Waals surface area contributed by atoms with Gasteiger partial charge >= 0.3 is 75.7 Å². The maximum absolute atomic E-state index is 4.93. The molecule has 0 spiro atoms. The summed E-state index contributed by atoms with van der Waals surface area (Å²) in [6.45, 7) is 4.45. The van der Waals surface area contributed by atoms with E-state index in [2.05, 4.69) is 202 Å². The number of halogens is 4. The average Bonchev–Trinajstić information content (AvgIpc) is 4.17. The van der Waals surface area contributed by atoms with Gasteiger partial charge in [0.25, 0.3) is 0 Å². The van der Waals surface area contributed by atoms with E-state index in [-0.39, 0.29) is 0 Å². The first-order valence-corrected chi connectivity index (χ1v) is 33.9. The largest absolute Gasteiger partial charge is 0.145 e. The van der Waals surface area contributed by atoms with E-state index in [1.807, 2.05) is 12.2 Å². The van der Waals surface area contributed by atoms with Crippen LogP contribution in [-0.2, 0) is 41.7 Å². The van der Waals surface area contributed by atoms with Crippen molar-refractivity contribution < 1.29 is 41.7 Å². The van der Waals surface area contributed by atoms with Gasteiger partial charge in [-0.1, -0.05) is 184 Å². The fourth-order valence-corrected chi connectivity index (χ4v) is 7.50. The molecule has 0 aromatic heterocycles. The van der Waals surface area contributed by atoms with Crippen LogP contribution in [0.4, 0.5) is 0 Å². The van der Waals surface area contributed by atoms with E-state index in [4.69, 9.17) is 34.1 Å². The van der Waals surface area contributed by atoms with E-state index in [1.54, 1.807) is 5.57 Å². The molecule has 10 rings (SSSR count). The molecular formula is C56H52Cl4Zr2. The summed E-state index contributed by atoms with van der Waals surface area (Å²) in [6.07, 6.45) is 25.9. The number of hydrogen-bond donors (Lipinski definition) is 0. The monoisotopic (exact) mass is 1040 g/mol. The van der Waals surface area contributed by atoms with Gasteiger partial charge in [0.15, 0.2) is 0 Å². The molecule has 1 atom stereocenters. The summed E-state index contributed by atoms with van der Waals surface area (Å²) in [7, 11) is 19.7. The molecule has 0 nitrogen and oxygen atoms in total. The van der Waals surface area contributed by atoms with Crippen LogP contribution >= 0.6 is 34.1 Å². The minimum atomic E-state index is -0.826. The number of unbranched alkanes of at least 4 members (excludes halogenated alkanes) is 2. The van der Waals surface area contributed by atoms with Gasteiger partial charge in [-0.05, 0) is 28.0 Å². The Bertz CT molecular complexity index is 2570. The predicted molar refractivity (Wildman–Crippen MR) is 268 cm³/mol. The normalized spacial score (nSPS) is 12.9. The zero-order chi connectivity index (χ0) is 43.8. The molecule has 0 heterocycles. The Morgan fingerprint density at radius 1 is 0.581 bits per heavy atom. The second-order valence-corrected chi connectivity index (χ2v) is 22.4. The second kappa shape index (κ2) is 28.7. The van der Waals surface area contributed by atoms with Crippen molar-refractivity contribution in [3.8, 4) is 22.3 Å². The molecule has 0 amide bonds. The molecule has 0 saturated heterocycles. The number of benzene rings is 6. The first-order chi connectivity index (χ1) is 30.5. The minimum absolute atomic E-state index is 0.630. The molecule has 6 heteroatoms. The van der Waals surface area contributed by atoms with Gasteiger partial charge in [0.1, 0.15) is 0 Å². The molecule has 0 radical (unpaired) electrons. The minimum Gasteiger partial charge on any atom is -0.145 e. The van der Waals surface area contributed by atoms with Crippen LogP contribution < -0.4 is 0 Å². The van der Waals surface area contributed by atoms with E-state index in [0.29, 0.717) is 5.92 Å². The van der Waals surface area contributed by atoms with Crippen LogP contribution in [0.2, 0.25) is 0 Å². The molecule has 0 fully saturated rings. The van der Waals surface area contributed by atoms with Crippen LogP contribution in [0.3, 0.4) is 0 Å². The summed E-state index contributed by atoms with van der Waals surface area (Å²) in [5.41, 5.74) is 6.76. The predicted octanol–water partition coefficient (Wildman–Crippen LogP) is 19.1. The fraction of sp³-hybridized carbons (Fsp3) is 0.179. The third-order valence-corrected chi connectivity index (χ3v) is 10.7. The number of rotatable bonds is 8. The Kier molecular flexibility index (Phi) is 23.1. The van der Waals surface area contributed by atoms with E-state index in [0.717, 1.165) is 6.42 Å². The molecule has 0 N–H and O–H groups in total. The Balaban J connectivity index is 0.000000157. The standard InChI is InChI=1S/2C19H13.2C9H13.4ClH.2Zr/c1-2-8-16-13-17(12-15(16)7-1)19-11-5-9-14-6-3-4-10-18(14)19;1-2-6-15-11-18(10-9-14(15)5-1)19-12-16-7-3-4-8-17(16)13-19;2*1-2-3-6-9-7-4-5-8-9;;;;;;/h2*1-13H;4,7H,2-3,6,8H2,1H3;4-5,7,9H,2-3,6H2,1H3;4*1H;;/q4*-1;;;;;2*+4/p-4. The maximum Gasteiger partial charge on any atom is -0.0196 e. The number of hydrogen-bond acceptors (Lipinski definition) is 0. The van der Waals surface area contributed by atoms with Gasteiger partial charge in [-0.15, -0.1) is 75.5 Å². The van der Waals surface area contributed by atoms with Crippen molar-refractivity contribution in [1.82, 2.24) is 0 Å². The SMILES string of the molecule is CCCCC1=CC=[C-]C1.CCCCC1[C-]=CC=C1.[Cl][Zr+2][Cl].[Cl][Zr+2][Cl].c1ccc2[cH-]c(-c3cccc4ccccc34)cc2c1.c1ccc2cc(-c3cc4ccccc4[cH-]3)ccc2c1. The van der Waals surface area contributed by atoms with E-state index in [1.165, 1.54) is 104 Å². The van der Waals surface area contributed by atoms with Crippen LogP contribution in [-0.4, -0.2) is 0 Å². The van der Waals surface area contributed by atoms with Crippen molar-refractivity contribution >= 4 is 77.1 Å². The fourth-order valence-electron chi connectivity index (χ4n) is 7.50. The molecule has 8 aromatic rings. The number of fused-ring (bicyclic) bond motifs is 4. The average molecular weight is 1050 g/mol. The van der Waals surface area contributed by atoms with Gasteiger partial charge in [-0.2, -0.15) is 11.6 Å². The smallest absolute Gasteiger partial charge is 0.0196 e. The molecule has 0 aliphatic heterocycles. The van der Waals surface area contributed by atoms with Gasteiger partial charge in [-0.25, -0.2) is 24.3 Å². The molecule has 312 valence electrons. The molecule has 62 heavy (non-hydrogen) atoms. The maximum atomic E-state index is 4.93. The van der Waals surface area contributed by atoms with Gasteiger partial charge in [0, 0.05) is 0 Å². The van der Waals surface area contributed by atoms with Gasteiger partial charge < -0.3 is 0 Å². The van der Waals surface area contributed by atoms with Crippen molar-refractivity contribution in [2.75, 3.05) is 0 Å². The van der Waals surface area contributed by atoms with Crippen LogP contribution in [0.1, 0.15) is 58.8 Å². The van der Waals surface area contributed by atoms with Crippen LogP contribution in [0.5, 0.6) is 0 Å². The molecule has 8 aromatic carbocycles. The zero-order valence-electron chi connectivity index (χ0n) is 35.4. The summed E-state index contributed by atoms with van der Waals surface area (Å²) in [4.78, 5) is 0. The van der Waals surface area contributed by atoms with Crippen molar-refractivity contribution in [1.29, 1.82) is 0 Å². The molecule has 2 aliphatic rings. The first kappa shape index (κ1) is 50.0. The zero-order valence-corrected chi connectivity index (χ0v) is 43.4. The van der Waals surface area contributed by atoms with Crippen molar-refractivity contribution in [3.05, 3.63) is 206 Å². The third-order valence-electron chi connectivity index (χ3n) is 10.7. The Hall–Kier alpha value is -3.05. The number of allylic oxidation sites excluding steroid dienone is 8. The Morgan fingerprint density at radius 3 is 1.77 bits per heavy atom. The van der Waals surface area contributed by atoms with Crippen molar-refractivity contribution in [3.63, 3.8) is 0 Å². The van der Waals surface area contributed by atoms with E-state index >= 15 is 0 Å². The van der Waals surface area contributed by atoms with Gasteiger partial charge in [0.05, 0.1) is 0 Å². The molecule has 1 unspecified atom stereocenters. The quantitative estimate of drug-likeness (QED) is 0.133. The van der Waals surface area contributed by atoms with Crippen molar-refractivity contribution in [2.24, 2.45) is 5.92 Å². The summed E-state index contributed by atoms with van der Waals surface area (Å²) in [6, 6.07) is 56.3. The summed E-state index contributed by atoms with van der Waals surface area (Å²) in [5.74, 6) is 0.630. The van der Waals surface area contributed by atoms with Crippen LogP contribution in [0, 0.1) is 18.1 Å². The first-order valence-electron chi connectivity index (χ1n) is 21.2. The molecule has 0 saturated carbocycles. The summed E-state index contributed by atoms with van der Waals surface area (Å²) >= 11 is -1.65. The van der Waals surface area contributed by atoms with Crippen LogP contribution in [0.15, 0.2) is 194 Å². The summed E-state index contributed by atoms with van der Waals surface area (Å²) < 4.78 is 0. The van der Waals surface area contributed by atoms with Crippen molar-refractivity contribution in [2.45, 2.75) is 58.8 Å².